The van der Waals surface area contributed by atoms with Gasteiger partial charge in [0.25, 0.3) is 0 Å². The van der Waals surface area contributed by atoms with Crippen molar-refractivity contribution < 1.29 is 4.84 Å². The van der Waals surface area contributed by atoms with Crippen molar-refractivity contribution in [2.45, 2.75) is 37.7 Å². The molecule has 1 spiro atoms. The monoisotopic (exact) mass is 344 g/mol. The van der Waals surface area contributed by atoms with Crippen molar-refractivity contribution in [3.63, 3.8) is 0 Å². The molecule has 126 valence electrons. The van der Waals surface area contributed by atoms with Gasteiger partial charge in [0.15, 0.2) is 0 Å². The van der Waals surface area contributed by atoms with Crippen LogP contribution in [0.5, 0.6) is 0 Å². The zero-order valence-corrected chi connectivity index (χ0v) is 14.2. The molecule has 1 aliphatic heterocycles. The van der Waals surface area contributed by atoms with E-state index in [2.05, 4.69) is 16.0 Å². The summed E-state index contributed by atoms with van der Waals surface area (Å²) in [4.78, 5) is 10.6. The van der Waals surface area contributed by atoms with Gasteiger partial charge in [0.05, 0.1) is 6.54 Å². The van der Waals surface area contributed by atoms with Gasteiger partial charge in [0, 0.05) is 16.6 Å². The number of hydrazine groups is 2. The van der Waals surface area contributed by atoms with Crippen LogP contribution in [-0.4, -0.2) is 22.2 Å². The second-order valence-corrected chi connectivity index (χ2v) is 7.88. The van der Waals surface area contributed by atoms with Crippen molar-refractivity contribution in [2.75, 3.05) is 12.0 Å². The minimum atomic E-state index is -0.0292. The van der Waals surface area contributed by atoms with Crippen molar-refractivity contribution in [2.24, 2.45) is 11.8 Å². The summed E-state index contributed by atoms with van der Waals surface area (Å²) in [6.45, 7) is 0.856. The maximum atomic E-state index is 6.07. The maximum Gasteiger partial charge on any atom is 0.142 e. The molecule has 1 atom stereocenters. The Bertz CT molecular complexity index is 777. The summed E-state index contributed by atoms with van der Waals surface area (Å²) in [6.07, 6.45) is 8.37. The van der Waals surface area contributed by atoms with Gasteiger partial charge in [-0.15, -0.1) is 10.7 Å². The fourth-order valence-corrected chi connectivity index (χ4v) is 4.90. The molecule has 2 bridgehead atoms. The molecule has 0 amide bonds. The lowest BCUT2D eigenvalue weighted by molar-refractivity contribution is -0.146. The van der Waals surface area contributed by atoms with E-state index in [9.17, 15) is 0 Å². The first-order valence-electron chi connectivity index (χ1n) is 8.73. The number of aromatic nitrogens is 1. The average Bonchev–Trinajstić information content (AvgIpc) is 2.98. The van der Waals surface area contributed by atoms with Crippen molar-refractivity contribution in [3.05, 3.63) is 35.5 Å². The Hall–Kier alpha value is -1.40. The molecule has 1 unspecified atom stereocenters. The number of anilines is 1. The summed E-state index contributed by atoms with van der Waals surface area (Å²) in [5.74, 6) is 2.31. The molecule has 5 nitrogen and oxygen atoms in total. The third kappa shape index (κ3) is 2.47. The van der Waals surface area contributed by atoms with Crippen molar-refractivity contribution >= 4 is 28.2 Å². The molecular formula is C18H21ClN4O. The predicted octanol–water partition coefficient (Wildman–Crippen LogP) is 3.92. The van der Waals surface area contributed by atoms with Gasteiger partial charge >= 0.3 is 0 Å². The smallest absolute Gasteiger partial charge is 0.142 e. The van der Waals surface area contributed by atoms with E-state index >= 15 is 0 Å². The van der Waals surface area contributed by atoms with Crippen LogP contribution < -0.4 is 11.0 Å². The number of fused-ring (bicyclic) bond motifs is 3. The van der Waals surface area contributed by atoms with Gasteiger partial charge < -0.3 is 0 Å². The van der Waals surface area contributed by atoms with E-state index in [0.717, 1.165) is 34.1 Å². The zero-order valence-electron chi connectivity index (χ0n) is 13.5. The Morgan fingerprint density at radius 1 is 1.21 bits per heavy atom. The zero-order chi connectivity index (χ0) is 16.1. The first-order valence-corrected chi connectivity index (χ1v) is 9.11. The van der Waals surface area contributed by atoms with E-state index in [1.54, 1.807) is 0 Å². The van der Waals surface area contributed by atoms with Gasteiger partial charge in [-0.05, 0) is 67.5 Å². The molecular weight excluding hydrogens is 324 g/mol. The Kier molecular flexibility index (Phi) is 3.45. The van der Waals surface area contributed by atoms with E-state index in [1.807, 2.05) is 35.6 Å². The molecule has 4 fully saturated rings. The lowest BCUT2D eigenvalue weighted by atomic mass is 9.62. The molecule has 1 aromatic carbocycles. The van der Waals surface area contributed by atoms with Crippen LogP contribution >= 0.6 is 11.6 Å². The number of rotatable bonds is 2. The minimum Gasteiger partial charge on any atom is -0.288 e. The summed E-state index contributed by atoms with van der Waals surface area (Å²) in [7, 11) is 0. The number of pyridine rings is 1. The molecule has 2 N–H and O–H groups in total. The molecule has 1 aromatic heterocycles. The molecule has 1 saturated heterocycles. The third-order valence-electron chi connectivity index (χ3n) is 5.94. The Balaban J connectivity index is 1.33. The molecule has 2 heterocycles. The predicted molar refractivity (Wildman–Crippen MR) is 94.1 cm³/mol. The fourth-order valence-electron chi connectivity index (χ4n) is 4.72. The van der Waals surface area contributed by atoms with Crippen LogP contribution in [0.3, 0.4) is 0 Å². The van der Waals surface area contributed by atoms with E-state index in [4.69, 9.17) is 16.4 Å². The summed E-state index contributed by atoms with van der Waals surface area (Å²) < 4.78 is 0. The summed E-state index contributed by atoms with van der Waals surface area (Å²) in [5, 5.41) is 4.82. The lowest BCUT2D eigenvalue weighted by Gasteiger charge is -2.47. The minimum absolute atomic E-state index is 0.0292. The Morgan fingerprint density at radius 2 is 2.08 bits per heavy atom. The highest BCUT2D eigenvalue weighted by Gasteiger charge is 2.53. The standard InChI is InChI=1S/C18H21ClN4O/c19-16-6-3-13-8-17(20-10-14(13)7-16)21-23-11-18(24-22-23)9-12-1-4-15(18)5-2-12/h3,6-8,10,12,15,22H,1-2,4-5,9,11H2,(H,20,21). The average molecular weight is 345 g/mol. The summed E-state index contributed by atoms with van der Waals surface area (Å²) in [6, 6.07) is 7.88. The first kappa shape index (κ1) is 14.9. The molecule has 6 rings (SSSR count). The number of hydrogen-bond acceptors (Lipinski definition) is 5. The number of hydrogen-bond donors (Lipinski definition) is 2. The summed E-state index contributed by atoms with van der Waals surface area (Å²) >= 11 is 6.03. The SMILES string of the molecule is Clc1ccc2cc(NN3CC4(CC5CCC4CC5)ON3)ncc2c1. The van der Waals surface area contributed by atoms with Gasteiger partial charge in [0.2, 0.25) is 0 Å². The normalized spacial score (nSPS) is 32.7. The Labute approximate surface area is 146 Å². The highest BCUT2D eigenvalue weighted by atomic mass is 35.5. The van der Waals surface area contributed by atoms with Crippen LogP contribution in [0.25, 0.3) is 10.8 Å². The number of nitrogens with zero attached hydrogens (tertiary/aromatic N) is 2. The van der Waals surface area contributed by atoms with Crippen LogP contribution in [0.1, 0.15) is 32.1 Å². The van der Waals surface area contributed by atoms with E-state index in [0.29, 0.717) is 5.92 Å². The number of nitrogens with one attached hydrogen (secondary N) is 2. The van der Waals surface area contributed by atoms with Crippen molar-refractivity contribution in [1.82, 2.24) is 15.7 Å². The molecule has 3 aliphatic carbocycles. The highest BCUT2D eigenvalue weighted by molar-refractivity contribution is 6.31. The molecule has 24 heavy (non-hydrogen) atoms. The fraction of sp³-hybridized carbons (Fsp3) is 0.500. The van der Waals surface area contributed by atoms with Crippen LogP contribution in [0.2, 0.25) is 5.02 Å². The molecule has 4 aliphatic rings. The van der Waals surface area contributed by atoms with Gasteiger partial charge in [-0.3, -0.25) is 10.3 Å². The van der Waals surface area contributed by atoms with Crippen molar-refractivity contribution in [1.29, 1.82) is 0 Å². The second kappa shape index (κ2) is 5.56. The molecule has 2 aromatic rings. The summed E-state index contributed by atoms with van der Waals surface area (Å²) in [5.41, 5.74) is 6.37. The molecule has 3 saturated carbocycles. The lowest BCUT2D eigenvalue weighted by Crippen LogP contribution is -2.50. The van der Waals surface area contributed by atoms with E-state index < -0.39 is 0 Å². The van der Waals surface area contributed by atoms with Crippen molar-refractivity contribution in [3.8, 4) is 0 Å². The van der Waals surface area contributed by atoms with Gasteiger partial charge in [-0.1, -0.05) is 17.7 Å². The number of benzene rings is 1. The van der Waals surface area contributed by atoms with E-state index in [-0.39, 0.29) is 5.60 Å². The number of halogens is 1. The van der Waals surface area contributed by atoms with Crippen LogP contribution in [0.15, 0.2) is 30.5 Å². The van der Waals surface area contributed by atoms with E-state index in [1.165, 1.54) is 32.1 Å². The molecule has 0 radical (unpaired) electrons. The van der Waals surface area contributed by atoms with Crippen LogP contribution in [-0.2, 0) is 4.84 Å². The highest BCUT2D eigenvalue weighted by Crippen LogP contribution is 2.50. The molecule has 6 heteroatoms. The maximum absolute atomic E-state index is 6.07. The van der Waals surface area contributed by atoms with Crippen LogP contribution in [0, 0.1) is 11.8 Å². The van der Waals surface area contributed by atoms with Crippen LogP contribution in [0.4, 0.5) is 5.82 Å². The first-order chi connectivity index (χ1) is 11.7. The quantitative estimate of drug-likeness (QED) is 0.864. The van der Waals surface area contributed by atoms with Gasteiger partial charge in [0.1, 0.15) is 11.4 Å². The largest absolute Gasteiger partial charge is 0.288 e. The van der Waals surface area contributed by atoms with Gasteiger partial charge in [-0.25, -0.2) is 4.98 Å². The topological polar surface area (TPSA) is 49.4 Å². The Morgan fingerprint density at radius 3 is 2.88 bits per heavy atom. The van der Waals surface area contributed by atoms with Gasteiger partial charge in [-0.2, -0.15) is 0 Å². The second-order valence-electron chi connectivity index (χ2n) is 7.44. The third-order valence-corrected chi connectivity index (χ3v) is 6.18.